The molecule has 1 aliphatic carbocycles. The third-order valence-corrected chi connectivity index (χ3v) is 3.03. The van der Waals surface area contributed by atoms with Gasteiger partial charge in [0.2, 0.25) is 0 Å². The molecule has 1 aromatic carbocycles. The first kappa shape index (κ1) is 11.1. The number of hydrogen-bond donors (Lipinski definition) is 1. The van der Waals surface area contributed by atoms with Gasteiger partial charge in [-0.1, -0.05) is 15.9 Å². The zero-order valence-electron chi connectivity index (χ0n) is 8.60. The zero-order chi connectivity index (χ0) is 10.7. The fraction of sp³-hybridized carbons (Fsp3) is 0.500. The number of halogens is 2. The summed E-state index contributed by atoms with van der Waals surface area (Å²) in [4.78, 5) is 0. The van der Waals surface area contributed by atoms with Crippen molar-refractivity contribution in [3.05, 3.63) is 34.1 Å². The van der Waals surface area contributed by atoms with Gasteiger partial charge in [-0.3, -0.25) is 0 Å². The molecule has 0 amide bonds. The van der Waals surface area contributed by atoms with Crippen LogP contribution < -0.4 is 5.32 Å². The molecule has 1 aromatic rings. The summed E-state index contributed by atoms with van der Waals surface area (Å²) in [6, 6.07) is 5.86. The highest BCUT2D eigenvalue weighted by atomic mass is 79.9. The average Bonchev–Trinajstić information content (AvgIpc) is 2.94. The third-order valence-electron chi connectivity index (χ3n) is 2.57. The Morgan fingerprint density at radius 1 is 1.33 bits per heavy atom. The van der Waals surface area contributed by atoms with Crippen molar-refractivity contribution in [3.63, 3.8) is 0 Å². The van der Waals surface area contributed by atoms with E-state index >= 15 is 0 Å². The number of nitrogens with one attached hydrogen (secondary N) is 1. The van der Waals surface area contributed by atoms with Crippen LogP contribution in [0.3, 0.4) is 0 Å². The second kappa shape index (κ2) is 5.08. The first-order valence-electron chi connectivity index (χ1n) is 5.42. The Balaban J connectivity index is 1.76. The molecule has 0 aliphatic heterocycles. The van der Waals surface area contributed by atoms with Gasteiger partial charge >= 0.3 is 0 Å². The van der Waals surface area contributed by atoms with Gasteiger partial charge in [0.25, 0.3) is 0 Å². The topological polar surface area (TPSA) is 12.0 Å². The Morgan fingerprint density at radius 3 is 2.80 bits per heavy atom. The first-order valence-corrected chi connectivity index (χ1v) is 6.22. The Labute approximate surface area is 98.2 Å². The summed E-state index contributed by atoms with van der Waals surface area (Å²) in [5.41, 5.74) is 1.07. The minimum Gasteiger partial charge on any atom is -0.314 e. The fourth-order valence-electron chi connectivity index (χ4n) is 1.64. The molecule has 1 nitrogen and oxygen atoms in total. The number of rotatable bonds is 5. The van der Waals surface area contributed by atoms with Crippen LogP contribution in [0.1, 0.15) is 24.8 Å². The largest absolute Gasteiger partial charge is 0.314 e. The van der Waals surface area contributed by atoms with Crippen molar-refractivity contribution in [1.82, 2.24) is 5.32 Å². The van der Waals surface area contributed by atoms with E-state index in [1.54, 1.807) is 6.07 Å². The molecule has 0 aromatic heterocycles. The maximum Gasteiger partial charge on any atom is 0.124 e. The van der Waals surface area contributed by atoms with Crippen molar-refractivity contribution < 1.29 is 4.39 Å². The molecule has 1 aliphatic rings. The van der Waals surface area contributed by atoms with Crippen molar-refractivity contribution in [2.45, 2.75) is 31.7 Å². The summed E-state index contributed by atoms with van der Waals surface area (Å²) >= 11 is 3.30. The Bertz CT molecular complexity index is 316. The lowest BCUT2D eigenvalue weighted by Crippen LogP contribution is -2.17. The lowest BCUT2D eigenvalue weighted by molar-refractivity contribution is 0.618. The van der Waals surface area contributed by atoms with Crippen LogP contribution in [0.4, 0.5) is 4.39 Å². The van der Waals surface area contributed by atoms with Gasteiger partial charge in [0, 0.05) is 10.5 Å². The van der Waals surface area contributed by atoms with E-state index in [-0.39, 0.29) is 5.82 Å². The predicted octanol–water partition coefficient (Wildman–Crippen LogP) is 3.27. The highest BCUT2D eigenvalue weighted by Gasteiger charge is 2.19. The molecule has 1 N–H and O–H groups in total. The van der Waals surface area contributed by atoms with Crippen LogP contribution in [-0.2, 0) is 6.42 Å². The standard InChI is InChI=1S/C12H15BrFN/c13-10-6-9(7-11(14)8-10)2-1-5-15-12-3-4-12/h6-8,12,15H,1-5H2. The predicted molar refractivity (Wildman–Crippen MR) is 63.4 cm³/mol. The van der Waals surface area contributed by atoms with Crippen molar-refractivity contribution >= 4 is 15.9 Å². The minimum atomic E-state index is -0.158. The van der Waals surface area contributed by atoms with E-state index in [4.69, 9.17) is 0 Å². The van der Waals surface area contributed by atoms with Crippen molar-refractivity contribution in [3.8, 4) is 0 Å². The van der Waals surface area contributed by atoms with Gasteiger partial charge in [-0.05, 0) is 56.0 Å². The first-order chi connectivity index (χ1) is 7.24. The van der Waals surface area contributed by atoms with Crippen molar-refractivity contribution in [2.75, 3.05) is 6.54 Å². The molecule has 0 radical (unpaired) electrons. The van der Waals surface area contributed by atoms with Crippen molar-refractivity contribution in [1.29, 1.82) is 0 Å². The maximum atomic E-state index is 13.0. The van der Waals surface area contributed by atoms with Crippen LogP contribution in [-0.4, -0.2) is 12.6 Å². The van der Waals surface area contributed by atoms with Crippen LogP contribution >= 0.6 is 15.9 Å². The van der Waals surface area contributed by atoms with E-state index in [0.29, 0.717) is 0 Å². The third kappa shape index (κ3) is 3.92. The van der Waals surface area contributed by atoms with Gasteiger partial charge in [0.15, 0.2) is 0 Å². The van der Waals surface area contributed by atoms with Gasteiger partial charge < -0.3 is 5.32 Å². The summed E-state index contributed by atoms with van der Waals surface area (Å²) in [6.07, 6.45) is 4.67. The summed E-state index contributed by atoms with van der Waals surface area (Å²) in [5.74, 6) is -0.158. The quantitative estimate of drug-likeness (QED) is 0.811. The lowest BCUT2D eigenvalue weighted by Gasteiger charge is -2.04. The van der Waals surface area contributed by atoms with Gasteiger partial charge in [-0.2, -0.15) is 0 Å². The zero-order valence-corrected chi connectivity index (χ0v) is 10.2. The molecule has 15 heavy (non-hydrogen) atoms. The van der Waals surface area contributed by atoms with E-state index in [1.807, 2.05) is 6.07 Å². The minimum absolute atomic E-state index is 0.158. The van der Waals surface area contributed by atoms with Crippen molar-refractivity contribution in [2.24, 2.45) is 0 Å². The van der Waals surface area contributed by atoms with E-state index < -0.39 is 0 Å². The molecule has 0 heterocycles. The molecule has 1 fully saturated rings. The molecule has 0 bridgehead atoms. The molecule has 2 rings (SSSR count). The second-order valence-electron chi connectivity index (χ2n) is 4.11. The molecular formula is C12H15BrFN. The van der Waals surface area contributed by atoms with Gasteiger partial charge in [-0.15, -0.1) is 0 Å². The summed E-state index contributed by atoms with van der Waals surface area (Å²) < 4.78 is 13.9. The summed E-state index contributed by atoms with van der Waals surface area (Å²) in [5, 5.41) is 3.45. The van der Waals surface area contributed by atoms with Crippen LogP contribution in [0.25, 0.3) is 0 Å². The average molecular weight is 272 g/mol. The summed E-state index contributed by atoms with van der Waals surface area (Å²) in [7, 11) is 0. The van der Waals surface area contributed by atoms with E-state index in [0.717, 1.165) is 35.5 Å². The SMILES string of the molecule is Fc1cc(Br)cc(CCCNC2CC2)c1. The van der Waals surface area contributed by atoms with Gasteiger partial charge in [0.1, 0.15) is 5.82 Å². The normalized spacial score (nSPS) is 15.6. The molecule has 3 heteroatoms. The highest BCUT2D eigenvalue weighted by molar-refractivity contribution is 9.10. The second-order valence-corrected chi connectivity index (χ2v) is 5.03. The highest BCUT2D eigenvalue weighted by Crippen LogP contribution is 2.19. The Hall–Kier alpha value is -0.410. The van der Waals surface area contributed by atoms with Crippen LogP contribution in [0.15, 0.2) is 22.7 Å². The van der Waals surface area contributed by atoms with E-state index in [9.17, 15) is 4.39 Å². The van der Waals surface area contributed by atoms with Gasteiger partial charge in [-0.25, -0.2) is 4.39 Å². The van der Waals surface area contributed by atoms with E-state index in [2.05, 4.69) is 21.2 Å². The van der Waals surface area contributed by atoms with Crippen LogP contribution in [0, 0.1) is 5.82 Å². The Kier molecular flexibility index (Phi) is 3.76. The molecule has 0 saturated heterocycles. The fourth-order valence-corrected chi connectivity index (χ4v) is 2.15. The molecular weight excluding hydrogens is 257 g/mol. The van der Waals surface area contributed by atoms with Crippen LogP contribution in [0.2, 0.25) is 0 Å². The van der Waals surface area contributed by atoms with E-state index in [1.165, 1.54) is 18.9 Å². The monoisotopic (exact) mass is 271 g/mol. The lowest BCUT2D eigenvalue weighted by atomic mass is 10.1. The van der Waals surface area contributed by atoms with Gasteiger partial charge in [0.05, 0.1) is 0 Å². The maximum absolute atomic E-state index is 13.0. The summed E-state index contributed by atoms with van der Waals surface area (Å²) in [6.45, 7) is 1.04. The smallest absolute Gasteiger partial charge is 0.124 e. The number of aryl methyl sites for hydroxylation is 1. The molecule has 0 atom stereocenters. The van der Waals surface area contributed by atoms with Crippen LogP contribution in [0.5, 0.6) is 0 Å². The Morgan fingerprint density at radius 2 is 2.13 bits per heavy atom. The molecule has 1 saturated carbocycles. The number of benzene rings is 1. The molecule has 0 unspecified atom stereocenters. The molecule has 82 valence electrons. The number of hydrogen-bond acceptors (Lipinski definition) is 1. The molecule has 0 spiro atoms.